The largest absolute Gasteiger partial charge is 0.496 e. The Bertz CT molecular complexity index is 354. The molecule has 0 amide bonds. The number of fused-ring (bicyclic) bond motifs is 1. The highest BCUT2D eigenvalue weighted by Crippen LogP contribution is 2.36. The van der Waals surface area contributed by atoms with Gasteiger partial charge in [0.25, 0.3) is 0 Å². The predicted octanol–water partition coefficient (Wildman–Crippen LogP) is 2.65. The summed E-state index contributed by atoms with van der Waals surface area (Å²) in [7, 11) is 1.75. The van der Waals surface area contributed by atoms with Gasteiger partial charge in [0.15, 0.2) is 0 Å². The Labute approximate surface area is 97.8 Å². The SMILES string of the molecule is COc1c(C)c2c(c(C)c1CN)CCCC2. The molecule has 16 heavy (non-hydrogen) atoms. The smallest absolute Gasteiger partial charge is 0.126 e. The number of methoxy groups -OCH3 is 1. The fraction of sp³-hybridized carbons (Fsp3) is 0.571. The summed E-state index contributed by atoms with van der Waals surface area (Å²) in [5.41, 5.74) is 12.8. The first kappa shape index (κ1) is 11.5. The molecule has 1 aliphatic rings. The fourth-order valence-corrected chi connectivity index (χ4v) is 2.97. The Hall–Kier alpha value is -1.02. The molecule has 1 aliphatic carbocycles. The lowest BCUT2D eigenvalue weighted by molar-refractivity contribution is 0.404. The summed E-state index contributed by atoms with van der Waals surface area (Å²) in [6, 6.07) is 0. The molecule has 0 heterocycles. The second kappa shape index (κ2) is 4.46. The van der Waals surface area contributed by atoms with Gasteiger partial charge in [-0.25, -0.2) is 0 Å². The topological polar surface area (TPSA) is 35.2 Å². The van der Waals surface area contributed by atoms with Crippen molar-refractivity contribution in [2.24, 2.45) is 5.73 Å². The third kappa shape index (κ3) is 1.61. The van der Waals surface area contributed by atoms with Gasteiger partial charge in [-0.3, -0.25) is 0 Å². The summed E-state index contributed by atoms with van der Waals surface area (Å²) in [6.07, 6.45) is 5.02. The van der Waals surface area contributed by atoms with Gasteiger partial charge < -0.3 is 10.5 Å². The third-order valence-electron chi connectivity index (χ3n) is 3.85. The second-order valence-electron chi connectivity index (χ2n) is 4.63. The van der Waals surface area contributed by atoms with Crippen LogP contribution >= 0.6 is 0 Å². The summed E-state index contributed by atoms with van der Waals surface area (Å²) in [4.78, 5) is 0. The predicted molar refractivity (Wildman–Crippen MR) is 67.0 cm³/mol. The molecule has 2 N–H and O–H groups in total. The zero-order chi connectivity index (χ0) is 11.7. The van der Waals surface area contributed by atoms with E-state index in [1.165, 1.54) is 53.5 Å². The maximum Gasteiger partial charge on any atom is 0.126 e. The van der Waals surface area contributed by atoms with Crippen LogP contribution in [0.1, 0.15) is 40.7 Å². The minimum Gasteiger partial charge on any atom is -0.496 e. The maximum atomic E-state index is 5.85. The van der Waals surface area contributed by atoms with E-state index >= 15 is 0 Å². The number of nitrogens with two attached hydrogens (primary N) is 1. The van der Waals surface area contributed by atoms with Gasteiger partial charge in [0.2, 0.25) is 0 Å². The monoisotopic (exact) mass is 219 g/mol. The van der Waals surface area contributed by atoms with Crippen LogP contribution in [-0.4, -0.2) is 7.11 Å². The molecule has 1 aromatic rings. The van der Waals surface area contributed by atoms with Gasteiger partial charge in [-0.15, -0.1) is 0 Å². The number of rotatable bonds is 2. The van der Waals surface area contributed by atoms with Crippen molar-refractivity contribution in [2.75, 3.05) is 7.11 Å². The van der Waals surface area contributed by atoms with Crippen molar-refractivity contribution in [3.8, 4) is 5.75 Å². The first-order valence-corrected chi connectivity index (χ1v) is 6.08. The minimum absolute atomic E-state index is 0.573. The number of benzene rings is 1. The van der Waals surface area contributed by atoms with Gasteiger partial charge in [0.1, 0.15) is 5.75 Å². The second-order valence-corrected chi connectivity index (χ2v) is 4.63. The minimum atomic E-state index is 0.573. The van der Waals surface area contributed by atoms with E-state index in [1.54, 1.807) is 7.11 Å². The molecular weight excluding hydrogens is 198 g/mol. The van der Waals surface area contributed by atoms with Crippen LogP contribution in [0.4, 0.5) is 0 Å². The number of hydrogen-bond donors (Lipinski definition) is 1. The Morgan fingerprint density at radius 3 is 2.12 bits per heavy atom. The summed E-state index contributed by atoms with van der Waals surface area (Å²) < 4.78 is 5.53. The normalized spacial score (nSPS) is 14.8. The van der Waals surface area contributed by atoms with Crippen LogP contribution in [0.15, 0.2) is 0 Å². The van der Waals surface area contributed by atoms with Crippen LogP contribution in [0.3, 0.4) is 0 Å². The molecule has 0 fully saturated rings. The van der Waals surface area contributed by atoms with E-state index in [2.05, 4.69) is 13.8 Å². The van der Waals surface area contributed by atoms with Gasteiger partial charge in [-0.05, 0) is 61.8 Å². The summed E-state index contributed by atoms with van der Waals surface area (Å²) in [5.74, 6) is 1.01. The molecule has 0 spiro atoms. The van der Waals surface area contributed by atoms with Crippen LogP contribution in [0, 0.1) is 13.8 Å². The van der Waals surface area contributed by atoms with Crippen molar-refractivity contribution in [2.45, 2.75) is 46.1 Å². The highest BCUT2D eigenvalue weighted by Gasteiger charge is 2.20. The van der Waals surface area contributed by atoms with Crippen LogP contribution in [0.5, 0.6) is 5.75 Å². The van der Waals surface area contributed by atoms with Gasteiger partial charge in [-0.2, -0.15) is 0 Å². The highest BCUT2D eigenvalue weighted by molar-refractivity contribution is 5.55. The van der Waals surface area contributed by atoms with E-state index in [0.29, 0.717) is 6.54 Å². The van der Waals surface area contributed by atoms with Crippen LogP contribution in [0.2, 0.25) is 0 Å². The van der Waals surface area contributed by atoms with Crippen molar-refractivity contribution in [1.29, 1.82) is 0 Å². The lowest BCUT2D eigenvalue weighted by Gasteiger charge is -2.25. The van der Waals surface area contributed by atoms with E-state index < -0.39 is 0 Å². The average molecular weight is 219 g/mol. The summed E-state index contributed by atoms with van der Waals surface area (Å²) >= 11 is 0. The molecule has 0 atom stereocenters. The van der Waals surface area contributed by atoms with Gasteiger partial charge in [0, 0.05) is 12.1 Å². The van der Waals surface area contributed by atoms with Crippen molar-refractivity contribution >= 4 is 0 Å². The molecule has 0 saturated heterocycles. The first-order valence-electron chi connectivity index (χ1n) is 6.08. The summed E-state index contributed by atoms with van der Waals surface area (Å²) in [6.45, 7) is 4.93. The molecule has 2 rings (SSSR count). The molecule has 0 aliphatic heterocycles. The third-order valence-corrected chi connectivity index (χ3v) is 3.85. The van der Waals surface area contributed by atoms with Crippen molar-refractivity contribution in [3.63, 3.8) is 0 Å². The highest BCUT2D eigenvalue weighted by atomic mass is 16.5. The lowest BCUT2D eigenvalue weighted by atomic mass is 9.83. The maximum absolute atomic E-state index is 5.85. The molecule has 1 aromatic carbocycles. The molecule has 88 valence electrons. The van der Waals surface area contributed by atoms with E-state index in [1.807, 2.05) is 0 Å². The summed E-state index contributed by atoms with van der Waals surface area (Å²) in [5, 5.41) is 0. The van der Waals surface area contributed by atoms with E-state index in [-0.39, 0.29) is 0 Å². The van der Waals surface area contributed by atoms with E-state index in [4.69, 9.17) is 10.5 Å². The fourth-order valence-electron chi connectivity index (χ4n) is 2.97. The molecule has 0 aromatic heterocycles. The van der Waals surface area contributed by atoms with Crippen molar-refractivity contribution in [1.82, 2.24) is 0 Å². The zero-order valence-corrected chi connectivity index (χ0v) is 10.5. The Morgan fingerprint density at radius 1 is 1.06 bits per heavy atom. The van der Waals surface area contributed by atoms with Crippen LogP contribution in [0.25, 0.3) is 0 Å². The Balaban J connectivity index is 2.69. The van der Waals surface area contributed by atoms with Gasteiger partial charge in [-0.1, -0.05) is 0 Å². The van der Waals surface area contributed by atoms with Crippen LogP contribution < -0.4 is 10.5 Å². The van der Waals surface area contributed by atoms with Crippen LogP contribution in [-0.2, 0) is 19.4 Å². The molecule has 2 nitrogen and oxygen atoms in total. The molecule has 0 saturated carbocycles. The van der Waals surface area contributed by atoms with Crippen molar-refractivity contribution in [3.05, 3.63) is 27.8 Å². The molecule has 0 bridgehead atoms. The first-order chi connectivity index (χ1) is 7.70. The van der Waals surface area contributed by atoms with Gasteiger partial charge in [0.05, 0.1) is 7.11 Å². The number of hydrogen-bond acceptors (Lipinski definition) is 2. The van der Waals surface area contributed by atoms with E-state index in [0.717, 1.165) is 5.75 Å². The average Bonchev–Trinajstić information content (AvgIpc) is 2.33. The standard InChI is InChI=1S/C14H21NO/c1-9-11-6-4-5-7-12(11)10(2)14(16-3)13(9)8-15/h4-8,15H2,1-3H3. The molecular formula is C14H21NO. The quantitative estimate of drug-likeness (QED) is 0.830. The van der Waals surface area contributed by atoms with Crippen molar-refractivity contribution < 1.29 is 4.74 Å². The van der Waals surface area contributed by atoms with E-state index in [9.17, 15) is 0 Å². The molecule has 0 unspecified atom stereocenters. The molecule has 0 radical (unpaired) electrons. The lowest BCUT2D eigenvalue weighted by Crippen LogP contribution is -2.13. The molecule has 2 heteroatoms. The number of ether oxygens (including phenoxy) is 1. The van der Waals surface area contributed by atoms with Gasteiger partial charge >= 0.3 is 0 Å². The Morgan fingerprint density at radius 2 is 1.62 bits per heavy atom. The Kier molecular flexibility index (Phi) is 3.20. The zero-order valence-electron chi connectivity index (χ0n) is 10.5.